The van der Waals surface area contributed by atoms with E-state index < -0.39 is 118 Å². The van der Waals surface area contributed by atoms with E-state index in [9.17, 15) is 0 Å². The van der Waals surface area contributed by atoms with Crippen molar-refractivity contribution in [2.45, 2.75) is 0 Å². The zero-order valence-electron chi connectivity index (χ0n) is 53.9. The van der Waals surface area contributed by atoms with Gasteiger partial charge in [-0.2, -0.15) is 19.8 Å². The quantitative estimate of drug-likeness (QED) is 0.161. The van der Waals surface area contributed by atoms with Crippen LogP contribution in [0.15, 0.2) is 0 Å². The average Bonchev–Trinajstić information content (AvgIpc) is 2.23. The maximum absolute atomic E-state index is 8.52. The molecule has 0 amide bonds. The Morgan fingerprint density at radius 2 is 0.0800 bits per heavy atom. The Hall–Kier alpha value is 28.6. The Kier molecular flexibility index (Phi) is 21800. The molecule has 68 nitrogen and oxygen atoms in total. The van der Waals surface area contributed by atoms with Crippen LogP contribution in [0.2, 0.25) is 0 Å². The summed E-state index contributed by atoms with van der Waals surface area (Å²) in [7, 11) is 0. The van der Waals surface area contributed by atoms with Gasteiger partial charge in [-0.25, -0.2) is 0 Å². The van der Waals surface area contributed by atoms with Gasteiger partial charge >= 0.3 is 157 Å². The second-order valence-corrected chi connectivity index (χ2v) is 2.65. The summed E-state index contributed by atoms with van der Waals surface area (Å²) < 4.78 is 102. The van der Waals surface area contributed by atoms with E-state index in [1.165, 1.54) is 0 Å². The molecule has 2 unspecified atom stereocenters. The van der Waals surface area contributed by atoms with Gasteiger partial charge in [0, 0.05) is 869 Å². The molecule has 12 radical (unpaired) electrons. The van der Waals surface area contributed by atoms with E-state index in [0.717, 1.165) is 0 Å². The molecule has 112 N–H and O–H groups in total. The van der Waals surface area contributed by atoms with Crippen LogP contribution in [0.5, 0.6) is 0 Å². The molecular weight excluding hydrogens is 4380 g/mol. The van der Waals surface area contributed by atoms with Gasteiger partial charge in [0.25, 0.3) is 0 Å². The van der Waals surface area contributed by atoms with Crippen LogP contribution in [0.3, 0.4) is 0 Å². The van der Waals surface area contributed by atoms with E-state index >= 15 is 0 Å². The number of hydrogen-bond acceptors (Lipinski definition) is 12. The van der Waals surface area contributed by atoms with E-state index in [1.54, 1.807) is 0 Å². The van der Waals surface area contributed by atoms with Crippen LogP contribution in [0, 0.1) is 0 Å². The molecule has 100 heavy (non-hydrogen) atoms. The van der Waals surface area contributed by atoms with Gasteiger partial charge in [0.05, 0.1) is 0 Å². The standard InChI is InChI=1S/12K.6Nb.56H2O.12O.2H3P.12W/h;;;;;;;;;;;;;;;;;;56*1H2;;;;;;;;;;;;;2*1H3;;;;;;;;;;;;. The van der Waals surface area contributed by atoms with Crippen LogP contribution in [-0.2, 0) is 410 Å². The van der Waals surface area contributed by atoms with Crippen molar-refractivity contribution >= 4 is 636 Å². The zero-order chi connectivity index (χ0) is 16.2. The fraction of sp³-hybridized carbons (Fsp3) is 0. The first-order valence-corrected chi connectivity index (χ1v) is 13.0. The van der Waals surface area contributed by atoms with Crippen LogP contribution in [0.4, 0.5) is 0 Å². The number of rotatable bonds is 0. The van der Waals surface area contributed by atoms with Gasteiger partial charge in [-0.1, -0.05) is 0 Å². The van der Waals surface area contributed by atoms with Crippen LogP contribution in [0.1, 0.15) is 0 Å². The minimum Gasteiger partial charge on any atom is 0 e. The minimum absolute atomic E-state index is 0. The van der Waals surface area contributed by atoms with Crippen LogP contribution < -0.4 is 0 Å². The van der Waals surface area contributed by atoms with Gasteiger partial charge < -0.3 is 307 Å². The van der Waals surface area contributed by atoms with E-state index in [0.29, 0.717) is 0 Å². The topological polar surface area (TPSA) is 1970 Å². The molecule has 0 aromatic heterocycles. The SMILES string of the molecule is O.O.O.O.O.O.O.O.O.O.O.O.O.O.O.O.O.O.O.O.O.O.O.O.O.O.O.O.O.O.O.O.O.O.O.O.O.O.O.O.O.O.O.O.O.O.O.O.O.O.O.O.O.O.O.O.P.P.[K].[K].[K].[K].[K].[K].[K].[K].[K].[K].[K].[K].[O]=[Nb]=[O].[O]=[Nb]=[O].[O]=[Nb]=[O].[O]=[Nb]=[O].[O]=[Nb]=[O].[O]=[Nb]=[O].[W].[W].[W].[W].[W].[W].[W].[W].[W].[W].[W].[W]. The van der Waals surface area contributed by atoms with Crippen molar-refractivity contribution in [2.75, 3.05) is 0 Å². The van der Waals surface area contributed by atoms with Crippen molar-refractivity contribution in [1.29, 1.82) is 0 Å². The first-order chi connectivity index (χ1) is 8.49. The second-order valence-electron chi connectivity index (χ2n) is 0.447. The van der Waals surface area contributed by atoms with Crippen LogP contribution in [0.25, 0.3) is 0 Å². The molecule has 100 heteroatoms. The molecule has 650 valence electrons. The molecule has 0 aromatic rings. The molecule has 0 bridgehead atoms. The molecule has 0 saturated heterocycles. The summed E-state index contributed by atoms with van der Waals surface area (Å²) in [5.41, 5.74) is 0. The molecule has 0 saturated carbocycles. The Labute approximate surface area is 1310 Å². The van der Waals surface area contributed by atoms with Crippen molar-refractivity contribution in [1.82, 2.24) is 0 Å². The Morgan fingerprint density at radius 1 is 0.0800 bits per heavy atom. The largest absolute Gasteiger partial charge is 0 e. The van der Waals surface area contributed by atoms with Crippen molar-refractivity contribution in [3.05, 3.63) is 0 Å². The van der Waals surface area contributed by atoms with Crippen molar-refractivity contribution in [2.24, 2.45) is 0 Å². The summed E-state index contributed by atoms with van der Waals surface area (Å²) in [5, 5.41) is 0. The summed E-state index contributed by atoms with van der Waals surface area (Å²) in [5.74, 6) is 0. The third-order valence-electron chi connectivity index (χ3n) is 0. The Morgan fingerprint density at radius 3 is 0.0800 bits per heavy atom. The minimum atomic E-state index is -2.15. The summed E-state index contributed by atoms with van der Waals surface area (Å²) in [4.78, 5) is 0. The van der Waals surface area contributed by atoms with Crippen LogP contribution >= 0.6 is 19.8 Å². The second kappa shape index (κ2) is 1710. The zero-order valence-corrected chi connectivity index (χ0v) is 143. The van der Waals surface area contributed by atoms with E-state index in [1.807, 2.05) is 0 Å². The molecule has 0 aliphatic rings. The van der Waals surface area contributed by atoms with Crippen molar-refractivity contribution in [3.63, 3.8) is 0 Å². The molecule has 0 fully saturated rings. The smallest absolute Gasteiger partial charge is 0 e. The molecule has 2 atom stereocenters. The molecule has 0 spiro atoms. The third kappa shape index (κ3) is 2450. The maximum atomic E-state index is 8.52. The molecule has 0 aliphatic carbocycles. The third-order valence-corrected chi connectivity index (χ3v) is 0. The van der Waals surface area contributed by atoms with Gasteiger partial charge in [-0.3, -0.25) is 0 Å². The van der Waals surface area contributed by atoms with Gasteiger partial charge in [0.1, 0.15) is 0 Å². The molecule has 0 heterocycles. The summed E-state index contributed by atoms with van der Waals surface area (Å²) >= 11 is -12.9. The van der Waals surface area contributed by atoms with E-state index in [-0.39, 0.29) is 1200 Å². The van der Waals surface area contributed by atoms with Crippen LogP contribution in [-0.4, -0.2) is 923 Å². The normalized spacial score (nSPS) is 0.480. The average molecular weight is 4500 g/mol. The summed E-state index contributed by atoms with van der Waals surface area (Å²) in [6, 6.07) is 0. The predicted octanol–water partition coefficient (Wildman–Crippen LogP) is -52.1. The van der Waals surface area contributed by atoms with Gasteiger partial charge in [0.15, 0.2) is 0 Å². The van der Waals surface area contributed by atoms with Crippen molar-refractivity contribution in [3.8, 4) is 0 Å². The van der Waals surface area contributed by atoms with Gasteiger partial charge in [-0.05, 0) is 0 Å². The fourth-order valence-electron chi connectivity index (χ4n) is 0. The Bertz CT molecular complexity index is 366. The monoisotopic (exact) mass is 4500 g/mol. The summed E-state index contributed by atoms with van der Waals surface area (Å²) in [6.45, 7) is 0. The Balaban J connectivity index is -0.000000000173. The molecular formula is H118K12Nb6O68P2W12. The van der Waals surface area contributed by atoms with E-state index in [4.69, 9.17) is 39.0 Å². The molecule has 0 aliphatic heterocycles. The van der Waals surface area contributed by atoms with Gasteiger partial charge in [0.2, 0.25) is 0 Å². The molecule has 0 rings (SSSR count). The van der Waals surface area contributed by atoms with Gasteiger partial charge in [-0.15, -0.1) is 0 Å². The fourth-order valence-corrected chi connectivity index (χ4v) is 0. The predicted molar refractivity (Wildman–Crippen MR) is 302 cm³/mol. The number of hydrogen-bond donors (Lipinski definition) is 0. The maximum Gasteiger partial charge on any atom is 0 e. The summed E-state index contributed by atoms with van der Waals surface area (Å²) in [6.07, 6.45) is 0. The van der Waals surface area contributed by atoms with E-state index in [2.05, 4.69) is 0 Å². The van der Waals surface area contributed by atoms with Crippen molar-refractivity contribution < 1.29 is 717 Å². The first-order valence-electron chi connectivity index (χ1n) is 2.19. The first kappa shape index (κ1) is 1270. The molecule has 0 aromatic carbocycles.